The van der Waals surface area contributed by atoms with Gasteiger partial charge in [-0.3, -0.25) is 9.69 Å². The van der Waals surface area contributed by atoms with E-state index in [-0.39, 0.29) is 47.5 Å². The second-order valence-corrected chi connectivity index (χ2v) is 10.5. The molecule has 0 saturated carbocycles. The first-order chi connectivity index (χ1) is 20.0. The van der Waals surface area contributed by atoms with Gasteiger partial charge in [0.25, 0.3) is 0 Å². The summed E-state index contributed by atoms with van der Waals surface area (Å²) >= 11 is 0. The van der Waals surface area contributed by atoms with Crippen LogP contribution in [0.2, 0.25) is 0 Å². The summed E-state index contributed by atoms with van der Waals surface area (Å²) in [5, 5.41) is 9.76. The van der Waals surface area contributed by atoms with E-state index in [4.69, 9.17) is 10.3 Å². The van der Waals surface area contributed by atoms with Gasteiger partial charge in [-0.1, -0.05) is 54.0 Å². The van der Waals surface area contributed by atoms with Crippen LogP contribution in [0.15, 0.2) is 65.2 Å². The van der Waals surface area contributed by atoms with E-state index in [2.05, 4.69) is 15.6 Å². The molecule has 5 aromatic rings. The maximum Gasteiger partial charge on any atom is 0.437 e. The minimum Gasteiger partial charge on any atom is -0.380 e. The van der Waals surface area contributed by atoms with Crippen LogP contribution in [-0.2, 0) is 19.1 Å². The molecular weight excluding hydrogens is 552 g/mol. The molecule has 0 spiro atoms. The Hall–Kier alpha value is -4.71. The number of nitrogen functional groups attached to an aromatic ring is 1. The van der Waals surface area contributed by atoms with Crippen LogP contribution in [0.5, 0.6) is 0 Å². The Morgan fingerprint density at radius 2 is 1.93 bits per heavy atom. The maximum absolute atomic E-state index is 15.7. The molecule has 0 atom stereocenters. The summed E-state index contributed by atoms with van der Waals surface area (Å²) in [7, 11) is 0. The quantitative estimate of drug-likeness (QED) is 0.181. The molecule has 0 radical (unpaired) electrons. The van der Waals surface area contributed by atoms with Gasteiger partial charge in [-0.15, -0.1) is 0 Å². The van der Waals surface area contributed by atoms with Crippen molar-refractivity contribution in [2.45, 2.75) is 39.0 Å². The highest BCUT2D eigenvalue weighted by molar-refractivity contribution is 6.06. The summed E-state index contributed by atoms with van der Waals surface area (Å²) in [5.74, 6) is -1.37. The lowest BCUT2D eigenvalue weighted by Crippen LogP contribution is -2.47. The standard InChI is InChI=1S/C30H26F4N6O2/c1-16(2)36-15-18-5-3-4-6-20(18)17-7-9-24(23(31)13-17)39-12-11-21-26(29(39)41)40(37-27(21)30(32,33)34)19-8-10-25-22(14-19)28(35)38-42-25/h3-10,13-14,16,36H,11-12,15H2,1-2H3,(H2,35,38)/p+1. The molecular formula is C30H27F4N6O2+. The molecule has 0 saturated heterocycles. The van der Waals surface area contributed by atoms with Gasteiger partial charge in [-0.25, -0.2) is 4.39 Å². The lowest BCUT2D eigenvalue weighted by molar-refractivity contribution is -0.658. The molecule has 1 aliphatic rings. The number of fused-ring (bicyclic) bond motifs is 2. The van der Waals surface area contributed by atoms with Gasteiger partial charge >= 0.3 is 17.8 Å². The summed E-state index contributed by atoms with van der Waals surface area (Å²) in [6.45, 7) is 4.53. The molecule has 2 aromatic heterocycles. The zero-order valence-electron chi connectivity index (χ0n) is 22.7. The smallest absolute Gasteiger partial charge is 0.380 e. The summed E-state index contributed by atoms with van der Waals surface area (Å²) in [6, 6.07) is 16.9. The molecule has 8 nitrogen and oxygen atoms in total. The fourth-order valence-electron chi connectivity index (χ4n) is 5.32. The zero-order chi connectivity index (χ0) is 29.8. The Morgan fingerprint density at radius 1 is 1.14 bits per heavy atom. The Balaban J connectivity index is 1.40. The average Bonchev–Trinajstić information content (AvgIpc) is 3.54. The molecule has 0 aliphatic carbocycles. The minimum absolute atomic E-state index is 0.0211. The number of nitrogens with zero attached hydrogens (tertiary/aromatic N) is 3. The molecule has 3 heterocycles. The summed E-state index contributed by atoms with van der Waals surface area (Å²) in [6.07, 6.45) is -4.88. The number of amides is 1. The van der Waals surface area contributed by atoms with Crippen molar-refractivity contribution >= 4 is 28.4 Å². The van der Waals surface area contributed by atoms with Crippen molar-refractivity contribution in [3.8, 4) is 16.8 Å². The molecule has 0 fully saturated rings. The number of aromatic nitrogens is 3. The number of aromatic amines is 1. The largest absolute Gasteiger partial charge is 0.437 e. The fourth-order valence-corrected chi connectivity index (χ4v) is 5.32. The molecule has 12 heteroatoms. The second kappa shape index (κ2) is 10.3. The van der Waals surface area contributed by atoms with Crippen LogP contribution in [0, 0.1) is 5.82 Å². The molecule has 216 valence electrons. The van der Waals surface area contributed by atoms with Crippen LogP contribution in [0.1, 0.15) is 41.2 Å². The summed E-state index contributed by atoms with van der Waals surface area (Å²) < 4.78 is 64.0. The SMILES string of the molecule is CC(C)NCc1ccccc1-c1ccc(N2CCc3c(C(F)(F)F)[nH][n+](-c4ccc5onc(N)c5c4)c3C2=O)c(F)c1. The zero-order valence-corrected chi connectivity index (χ0v) is 22.7. The average molecular weight is 580 g/mol. The van der Waals surface area contributed by atoms with Crippen molar-refractivity contribution in [2.24, 2.45) is 0 Å². The molecule has 0 unspecified atom stereocenters. The highest BCUT2D eigenvalue weighted by Gasteiger charge is 2.48. The predicted molar refractivity (Wildman–Crippen MR) is 148 cm³/mol. The van der Waals surface area contributed by atoms with E-state index in [1.54, 1.807) is 6.07 Å². The number of carbonyl (C=O) groups is 1. The predicted octanol–water partition coefficient (Wildman–Crippen LogP) is 5.54. The molecule has 1 aliphatic heterocycles. The van der Waals surface area contributed by atoms with E-state index in [9.17, 15) is 18.0 Å². The van der Waals surface area contributed by atoms with Crippen molar-refractivity contribution < 1.29 is 31.6 Å². The van der Waals surface area contributed by atoms with Crippen molar-refractivity contribution in [1.29, 1.82) is 0 Å². The van der Waals surface area contributed by atoms with Crippen molar-refractivity contribution in [1.82, 2.24) is 15.6 Å². The van der Waals surface area contributed by atoms with E-state index < -0.39 is 23.6 Å². The van der Waals surface area contributed by atoms with Crippen LogP contribution in [0.3, 0.4) is 0 Å². The molecule has 3 aromatic carbocycles. The normalized spacial score (nSPS) is 13.8. The maximum atomic E-state index is 15.7. The monoisotopic (exact) mass is 579 g/mol. The number of hydrogen-bond acceptors (Lipinski definition) is 5. The van der Waals surface area contributed by atoms with Gasteiger partial charge in [0.15, 0.2) is 17.1 Å². The number of rotatable bonds is 6. The van der Waals surface area contributed by atoms with E-state index in [0.29, 0.717) is 23.1 Å². The number of halogens is 4. The topological polar surface area (TPSA) is 104 Å². The van der Waals surface area contributed by atoms with Crippen molar-refractivity contribution in [3.63, 3.8) is 0 Å². The van der Waals surface area contributed by atoms with E-state index >= 15 is 4.39 Å². The summed E-state index contributed by atoms with van der Waals surface area (Å²) in [5.41, 5.74) is 7.35. The van der Waals surface area contributed by atoms with Gasteiger partial charge in [0.05, 0.1) is 16.6 Å². The van der Waals surface area contributed by atoms with Gasteiger partial charge in [-0.2, -0.15) is 18.3 Å². The third-order valence-electron chi connectivity index (χ3n) is 7.36. The Morgan fingerprint density at radius 3 is 2.67 bits per heavy atom. The number of nitrogens with one attached hydrogen (secondary N) is 2. The van der Waals surface area contributed by atoms with Gasteiger partial charge in [0, 0.05) is 31.3 Å². The van der Waals surface area contributed by atoms with Crippen LogP contribution >= 0.6 is 0 Å². The summed E-state index contributed by atoms with van der Waals surface area (Å²) in [4.78, 5) is 15.0. The van der Waals surface area contributed by atoms with Gasteiger partial charge in [0.1, 0.15) is 5.82 Å². The second-order valence-electron chi connectivity index (χ2n) is 10.5. The van der Waals surface area contributed by atoms with E-state index in [1.807, 2.05) is 38.1 Å². The lowest BCUT2D eigenvalue weighted by atomic mass is 9.98. The molecule has 0 bridgehead atoms. The van der Waals surface area contributed by atoms with E-state index in [1.165, 1.54) is 35.2 Å². The van der Waals surface area contributed by atoms with Crippen LogP contribution in [-0.4, -0.2) is 28.7 Å². The number of anilines is 2. The molecule has 4 N–H and O–H groups in total. The number of H-pyrrole nitrogens is 1. The third kappa shape index (κ3) is 4.77. The number of benzene rings is 3. The van der Waals surface area contributed by atoms with Crippen LogP contribution in [0.4, 0.5) is 29.1 Å². The lowest BCUT2D eigenvalue weighted by Gasteiger charge is -2.25. The first-order valence-electron chi connectivity index (χ1n) is 13.4. The Bertz CT molecular complexity index is 1820. The molecule has 1 amide bonds. The van der Waals surface area contributed by atoms with Crippen LogP contribution < -0.4 is 20.6 Å². The first-order valence-corrected chi connectivity index (χ1v) is 13.4. The third-order valence-corrected chi connectivity index (χ3v) is 7.36. The van der Waals surface area contributed by atoms with Crippen molar-refractivity contribution in [3.05, 3.63) is 89.0 Å². The Labute approximate surface area is 237 Å². The van der Waals surface area contributed by atoms with Gasteiger partial charge in [0.2, 0.25) is 5.69 Å². The van der Waals surface area contributed by atoms with Crippen molar-refractivity contribution in [2.75, 3.05) is 17.2 Å². The highest BCUT2D eigenvalue weighted by Crippen LogP contribution is 2.36. The number of nitrogens with two attached hydrogens (primary N) is 1. The first kappa shape index (κ1) is 27.5. The number of carbonyl (C=O) groups excluding carboxylic acids is 1. The minimum atomic E-state index is -4.75. The number of alkyl halides is 3. The molecule has 42 heavy (non-hydrogen) atoms. The van der Waals surface area contributed by atoms with E-state index in [0.717, 1.165) is 15.8 Å². The number of hydrogen-bond donors (Lipinski definition) is 3. The fraction of sp³-hybridized carbons (Fsp3) is 0.233. The Kier molecular flexibility index (Phi) is 6.72. The van der Waals surface area contributed by atoms with Gasteiger partial charge in [-0.05, 0) is 41.3 Å². The van der Waals surface area contributed by atoms with Crippen LogP contribution in [0.25, 0.3) is 27.8 Å². The van der Waals surface area contributed by atoms with Gasteiger partial charge < -0.3 is 15.6 Å². The molecule has 6 rings (SSSR count). The highest BCUT2D eigenvalue weighted by atomic mass is 19.4.